The van der Waals surface area contributed by atoms with Crippen LogP contribution in [0, 0.1) is 0 Å². The fraction of sp³-hybridized carbons (Fsp3) is 0.750. The first-order valence-corrected chi connectivity index (χ1v) is 15.2. The van der Waals surface area contributed by atoms with Crippen LogP contribution < -0.4 is 0 Å². The third-order valence-corrected chi connectivity index (χ3v) is 1.74. The summed E-state index contributed by atoms with van der Waals surface area (Å²) in [4.78, 5) is 4.53. The molecule has 0 amide bonds. The molecule has 0 spiro atoms. The summed E-state index contributed by atoms with van der Waals surface area (Å²) in [6.07, 6.45) is 6.87. The monoisotopic (exact) mass is 557 g/mol. The molecule has 1 heterocycles. The van der Waals surface area contributed by atoms with Crippen molar-refractivity contribution in [3.8, 4) is 0 Å². The molecule has 1 aliphatic rings. The molecular weight excluding hydrogens is 539 g/mol. The van der Waals surface area contributed by atoms with Gasteiger partial charge in [-0.05, 0) is 6.42 Å². The van der Waals surface area contributed by atoms with Crippen molar-refractivity contribution in [3.63, 3.8) is 0 Å². The van der Waals surface area contributed by atoms with E-state index in [1.165, 1.54) is 19.4 Å². The molecule has 157 valence electrons. The Morgan fingerprint density at radius 1 is 0.880 bits per heavy atom. The number of hydrogen-bond acceptors (Lipinski definition) is 8. The summed E-state index contributed by atoms with van der Waals surface area (Å²) in [5, 5.41) is 0. The van der Waals surface area contributed by atoms with Gasteiger partial charge in [-0.3, -0.25) is 0 Å². The van der Waals surface area contributed by atoms with Crippen LogP contribution in [0.1, 0.15) is 19.8 Å². The van der Waals surface area contributed by atoms with Gasteiger partial charge in [-0.2, -0.15) is 0 Å². The zero-order valence-electron chi connectivity index (χ0n) is 12.9. The molecule has 11 nitrogen and oxygen atoms in total. The van der Waals surface area contributed by atoms with Gasteiger partial charge in [-0.1, -0.05) is 13.3 Å². The molecule has 0 aromatic carbocycles. The van der Waals surface area contributed by atoms with Crippen LogP contribution in [-0.4, -0.2) is 42.6 Å². The molecule has 0 atom stereocenters. The number of nitrogens with zero attached hydrogens (tertiary/aromatic N) is 2. The second kappa shape index (κ2) is 14.5. The van der Waals surface area contributed by atoms with E-state index in [9.17, 15) is 0 Å². The molecule has 1 rings (SSSR count). The fourth-order valence-electron chi connectivity index (χ4n) is 1.10. The Kier molecular flexibility index (Phi) is 17.5. The van der Waals surface area contributed by atoms with Crippen LogP contribution in [-0.2, 0) is 59.4 Å². The number of unbranched alkanes of at least 4 members (excludes halogenated alkanes) is 1. The zero-order valence-corrected chi connectivity index (χ0v) is 18.7. The minimum absolute atomic E-state index is 1.07. The van der Waals surface area contributed by atoms with E-state index in [2.05, 4.69) is 66.5 Å². The fourth-order valence-corrected chi connectivity index (χ4v) is 1.10. The number of halogens is 3. The van der Waals surface area contributed by atoms with E-state index in [1.807, 2.05) is 0 Å². The summed E-state index contributed by atoms with van der Waals surface area (Å²) in [6.45, 7) is 4.50. The molecule has 0 saturated carbocycles. The molecule has 1 aliphatic heterocycles. The molecule has 0 aromatic heterocycles. The predicted molar refractivity (Wildman–Crippen MR) is 71.7 cm³/mol. The SMILES string of the molecule is CCCCN1C=CN(C)C1.[O]=[Mn](=[O])([OH])[Cl].[O]=[Mn](=[O])([OH])[Cl].[O]=[Mn](=[O])([OH])[Cl]. The van der Waals surface area contributed by atoms with E-state index < -0.39 is 36.4 Å². The van der Waals surface area contributed by atoms with E-state index in [0.29, 0.717) is 0 Å². The van der Waals surface area contributed by atoms with Crippen molar-refractivity contribution in [3.05, 3.63) is 12.4 Å². The molecule has 0 aliphatic carbocycles. The summed E-state index contributed by atoms with van der Waals surface area (Å²) >= 11 is -14.0. The summed E-state index contributed by atoms with van der Waals surface area (Å²) in [5.41, 5.74) is 0. The van der Waals surface area contributed by atoms with Crippen LogP contribution in [0.4, 0.5) is 0 Å². The first-order valence-electron chi connectivity index (χ1n) is 5.81. The first-order chi connectivity index (χ1) is 10.8. The van der Waals surface area contributed by atoms with Gasteiger partial charge in [-0.15, -0.1) is 0 Å². The van der Waals surface area contributed by atoms with Gasteiger partial charge in [-0.25, -0.2) is 0 Å². The van der Waals surface area contributed by atoms with E-state index in [-0.39, 0.29) is 0 Å². The van der Waals surface area contributed by atoms with Gasteiger partial charge in [0.1, 0.15) is 0 Å². The first kappa shape index (κ1) is 30.2. The molecule has 0 bridgehead atoms. The van der Waals surface area contributed by atoms with Gasteiger partial charge in [0.15, 0.2) is 0 Å². The Bertz CT molecular complexity index is 584. The van der Waals surface area contributed by atoms with Crippen LogP contribution >= 0.6 is 30.3 Å². The van der Waals surface area contributed by atoms with Crippen molar-refractivity contribution >= 4 is 30.3 Å². The van der Waals surface area contributed by atoms with Crippen LogP contribution in [0.15, 0.2) is 12.4 Å². The van der Waals surface area contributed by atoms with Crippen LogP contribution in [0.25, 0.3) is 0 Å². The molecule has 25 heavy (non-hydrogen) atoms. The summed E-state index contributed by atoms with van der Waals surface area (Å²) < 4.78 is 76.0. The minimum atomic E-state index is -4.65. The molecule has 3 N–H and O–H groups in total. The Hall–Kier alpha value is 0.448. The van der Waals surface area contributed by atoms with Crippen molar-refractivity contribution in [2.24, 2.45) is 0 Å². The standard InChI is InChI=1S/C8H16N2.3ClH.3Mn.3H2O.6O/c1-3-4-5-10-7-6-9(2)8-10;;;;;;;;;;;;;;;/h6-7H,3-5,8H2,1-2H3;3*1H;;;;3*1H2;;;;;;/q;;;;3*+2;;;;;;;;;/p-6. The van der Waals surface area contributed by atoms with Gasteiger partial charge in [0.2, 0.25) is 0 Å². The van der Waals surface area contributed by atoms with Crippen molar-refractivity contribution < 1.29 is 72.0 Å². The predicted octanol–water partition coefficient (Wildman–Crippen LogP) is 1.14. The summed E-state index contributed by atoms with van der Waals surface area (Å²) in [7, 11) is 14.4. The average molecular weight is 558 g/mol. The Labute approximate surface area is 163 Å². The van der Waals surface area contributed by atoms with E-state index >= 15 is 0 Å². The normalized spacial score (nSPS) is 13.8. The van der Waals surface area contributed by atoms with Gasteiger partial charge in [0, 0.05) is 26.0 Å². The topological polar surface area (TPSA) is 170 Å². The Balaban J connectivity index is -0.000000279. The van der Waals surface area contributed by atoms with Gasteiger partial charge in [0.25, 0.3) is 0 Å². The summed E-state index contributed by atoms with van der Waals surface area (Å²) in [6, 6.07) is 0. The van der Waals surface area contributed by atoms with Crippen molar-refractivity contribution in [1.29, 1.82) is 0 Å². The molecular formula is C8H19Cl3Mn3N2O9. The molecule has 0 radical (unpaired) electrons. The molecule has 0 fully saturated rings. The Morgan fingerprint density at radius 3 is 1.40 bits per heavy atom. The average Bonchev–Trinajstić information content (AvgIpc) is 2.65. The third-order valence-electron chi connectivity index (χ3n) is 1.74. The van der Waals surface area contributed by atoms with E-state index in [1.54, 1.807) is 0 Å². The Morgan fingerprint density at radius 2 is 1.20 bits per heavy atom. The van der Waals surface area contributed by atoms with E-state index in [4.69, 9.17) is 35.6 Å². The van der Waals surface area contributed by atoms with E-state index in [0.717, 1.165) is 6.67 Å². The molecule has 0 saturated heterocycles. The van der Waals surface area contributed by atoms with Crippen LogP contribution in [0.2, 0.25) is 0 Å². The van der Waals surface area contributed by atoms with Crippen LogP contribution in [0.5, 0.6) is 0 Å². The van der Waals surface area contributed by atoms with Crippen LogP contribution in [0.3, 0.4) is 0 Å². The van der Waals surface area contributed by atoms with Gasteiger partial charge >= 0.3 is 102 Å². The van der Waals surface area contributed by atoms with Crippen molar-refractivity contribution in [1.82, 2.24) is 9.80 Å². The molecule has 0 unspecified atom stereocenters. The molecule has 0 aromatic rings. The summed E-state index contributed by atoms with van der Waals surface area (Å²) in [5.74, 6) is 0. The number of hydrogen-bond donors (Lipinski definition) is 3. The zero-order chi connectivity index (χ0) is 20.9. The second-order valence-corrected chi connectivity index (χ2v) is 12.0. The van der Waals surface area contributed by atoms with Gasteiger partial charge in [0.05, 0.1) is 6.67 Å². The van der Waals surface area contributed by atoms with Gasteiger partial charge < -0.3 is 9.80 Å². The maximum absolute atomic E-state index is 9.01. The number of rotatable bonds is 3. The maximum atomic E-state index is 9.01. The van der Waals surface area contributed by atoms with Crippen molar-refractivity contribution in [2.45, 2.75) is 19.8 Å². The van der Waals surface area contributed by atoms with Crippen molar-refractivity contribution in [2.75, 3.05) is 20.3 Å². The second-order valence-electron chi connectivity index (χ2n) is 4.01. The molecule has 17 heteroatoms. The third kappa shape index (κ3) is 68.1. The quantitative estimate of drug-likeness (QED) is 0.425.